The molecular weight excluding hydrogens is 388 g/mol. The van der Waals surface area contributed by atoms with Crippen molar-refractivity contribution in [3.8, 4) is 11.8 Å². The third-order valence-corrected chi connectivity index (χ3v) is 5.99. The zero-order valence-corrected chi connectivity index (χ0v) is 18.1. The maximum atomic E-state index is 13.4. The molecule has 2 aliphatic rings. The summed E-state index contributed by atoms with van der Waals surface area (Å²) in [6.07, 6.45) is 1.35. The van der Waals surface area contributed by atoms with E-state index in [1.54, 1.807) is 29.2 Å². The molecule has 158 valence electrons. The van der Waals surface area contributed by atoms with Gasteiger partial charge in [-0.1, -0.05) is 26.0 Å². The highest BCUT2D eigenvalue weighted by atomic mass is 16.5. The van der Waals surface area contributed by atoms with Crippen molar-refractivity contribution in [2.24, 2.45) is 5.41 Å². The number of ether oxygens (including phenoxy) is 1. The molecule has 0 bridgehead atoms. The monoisotopic (exact) mass is 414 g/mol. The number of carbonyl (C=O) groups is 2. The first kappa shape index (κ1) is 20.9. The molecule has 1 unspecified atom stereocenters. The lowest BCUT2D eigenvalue weighted by Gasteiger charge is -2.43. The van der Waals surface area contributed by atoms with Crippen molar-refractivity contribution in [3.05, 3.63) is 70.9 Å². The minimum atomic E-state index is -0.253. The van der Waals surface area contributed by atoms with Gasteiger partial charge in [0.25, 0.3) is 0 Å². The predicted octanol–water partition coefficient (Wildman–Crippen LogP) is 5.12. The topological polar surface area (TPSA) is 70.4 Å². The van der Waals surface area contributed by atoms with E-state index in [1.165, 1.54) is 0 Å². The largest absolute Gasteiger partial charge is 0.494 e. The molecule has 0 radical (unpaired) electrons. The number of allylic oxidation sites excluding steroid dienone is 2. The zero-order chi connectivity index (χ0) is 22.2. The van der Waals surface area contributed by atoms with E-state index in [0.717, 1.165) is 22.6 Å². The number of anilines is 1. The summed E-state index contributed by atoms with van der Waals surface area (Å²) >= 11 is 0. The van der Waals surface area contributed by atoms with Gasteiger partial charge in [-0.3, -0.25) is 14.5 Å². The number of hydrogen-bond acceptors (Lipinski definition) is 4. The van der Waals surface area contributed by atoms with Gasteiger partial charge in [0.05, 0.1) is 18.2 Å². The lowest BCUT2D eigenvalue weighted by molar-refractivity contribution is -0.121. The lowest BCUT2D eigenvalue weighted by atomic mass is 9.69. The van der Waals surface area contributed by atoms with Crippen LogP contribution >= 0.6 is 0 Å². The first-order chi connectivity index (χ1) is 14.8. The Bertz CT molecular complexity index is 1090. The summed E-state index contributed by atoms with van der Waals surface area (Å²) in [5, 5.41) is 9.10. The van der Waals surface area contributed by atoms with Gasteiger partial charge in [-0.25, -0.2) is 0 Å². The van der Waals surface area contributed by atoms with Crippen molar-refractivity contribution in [2.45, 2.75) is 46.0 Å². The predicted molar refractivity (Wildman–Crippen MR) is 119 cm³/mol. The van der Waals surface area contributed by atoms with Gasteiger partial charge in [0, 0.05) is 35.7 Å². The van der Waals surface area contributed by atoms with Gasteiger partial charge < -0.3 is 4.74 Å². The van der Waals surface area contributed by atoms with E-state index >= 15 is 0 Å². The fourth-order valence-corrected chi connectivity index (χ4v) is 4.65. The summed E-state index contributed by atoms with van der Waals surface area (Å²) in [5.41, 5.74) is 3.51. The zero-order valence-electron chi connectivity index (χ0n) is 18.1. The highest BCUT2D eigenvalue weighted by molar-refractivity contribution is 6.07. The van der Waals surface area contributed by atoms with Gasteiger partial charge >= 0.3 is 0 Å². The number of ketones is 1. The van der Waals surface area contributed by atoms with Crippen LogP contribution in [-0.2, 0) is 9.59 Å². The molecular formula is C26H26N2O3. The molecule has 1 atom stereocenters. The van der Waals surface area contributed by atoms with Crippen molar-refractivity contribution < 1.29 is 14.3 Å². The van der Waals surface area contributed by atoms with Gasteiger partial charge in [-0.2, -0.15) is 5.26 Å². The van der Waals surface area contributed by atoms with Crippen LogP contribution in [0.25, 0.3) is 0 Å². The summed E-state index contributed by atoms with van der Waals surface area (Å²) in [6, 6.07) is 16.8. The third kappa shape index (κ3) is 3.98. The van der Waals surface area contributed by atoms with Crippen LogP contribution in [0.2, 0.25) is 0 Å². The van der Waals surface area contributed by atoms with Crippen LogP contribution in [0.3, 0.4) is 0 Å². The molecule has 1 aliphatic carbocycles. The maximum absolute atomic E-state index is 13.4. The van der Waals surface area contributed by atoms with Gasteiger partial charge in [-0.15, -0.1) is 0 Å². The Kier molecular flexibility index (Phi) is 5.41. The molecule has 0 spiro atoms. The van der Waals surface area contributed by atoms with E-state index in [1.807, 2.05) is 31.2 Å². The minimum absolute atomic E-state index is 0.0344. The van der Waals surface area contributed by atoms with E-state index in [-0.39, 0.29) is 29.4 Å². The number of rotatable bonds is 4. The first-order valence-electron chi connectivity index (χ1n) is 10.6. The molecule has 0 N–H and O–H groups in total. The van der Waals surface area contributed by atoms with E-state index in [9.17, 15) is 9.59 Å². The highest BCUT2D eigenvalue weighted by Crippen LogP contribution is 2.48. The van der Waals surface area contributed by atoms with Crippen molar-refractivity contribution in [1.82, 2.24) is 0 Å². The summed E-state index contributed by atoms with van der Waals surface area (Å²) in [5.74, 6) is 0.596. The quantitative estimate of drug-likeness (QED) is 0.696. The molecule has 2 aromatic rings. The van der Waals surface area contributed by atoms with Crippen molar-refractivity contribution in [3.63, 3.8) is 0 Å². The standard InChI is InChI=1S/C26H26N2O3/c1-4-31-20-11-7-18(8-12-20)21-13-24(30)28(19-9-5-17(16-27)6-10-19)22-14-26(2,3)15-23(29)25(21)22/h5-12,21H,4,13-15H2,1-3H3. The lowest BCUT2D eigenvalue weighted by Crippen LogP contribution is -2.43. The molecule has 0 fully saturated rings. The third-order valence-electron chi connectivity index (χ3n) is 5.99. The van der Waals surface area contributed by atoms with Crippen LogP contribution in [-0.4, -0.2) is 18.3 Å². The Balaban J connectivity index is 1.82. The van der Waals surface area contributed by atoms with Gasteiger partial charge in [0.1, 0.15) is 5.75 Å². The molecule has 0 saturated heterocycles. The van der Waals surface area contributed by atoms with Crippen LogP contribution in [0, 0.1) is 16.7 Å². The number of nitrogens with zero attached hydrogens (tertiary/aromatic N) is 2. The van der Waals surface area contributed by atoms with Crippen molar-refractivity contribution in [2.75, 3.05) is 11.5 Å². The molecule has 2 aromatic carbocycles. The second-order valence-corrected chi connectivity index (χ2v) is 8.95. The Morgan fingerprint density at radius 3 is 2.35 bits per heavy atom. The normalized spacial score (nSPS) is 20.3. The second kappa shape index (κ2) is 8.03. The number of benzene rings is 2. The smallest absolute Gasteiger partial charge is 0.232 e. The fourth-order valence-electron chi connectivity index (χ4n) is 4.65. The van der Waals surface area contributed by atoms with Crippen molar-refractivity contribution >= 4 is 17.4 Å². The molecule has 5 heteroatoms. The average Bonchev–Trinajstić information content (AvgIpc) is 2.73. The molecule has 0 aromatic heterocycles. The Labute approximate surface area is 182 Å². The Morgan fingerprint density at radius 2 is 1.74 bits per heavy atom. The number of amides is 1. The summed E-state index contributed by atoms with van der Waals surface area (Å²) < 4.78 is 5.54. The molecule has 0 saturated carbocycles. The average molecular weight is 415 g/mol. The molecule has 1 amide bonds. The van der Waals surface area contributed by atoms with E-state index < -0.39 is 0 Å². The molecule has 5 nitrogen and oxygen atoms in total. The van der Waals surface area contributed by atoms with Crippen LogP contribution in [0.5, 0.6) is 5.75 Å². The SMILES string of the molecule is CCOc1ccc(C2CC(=O)N(c3ccc(C#N)cc3)C3=C2C(=O)CC(C)(C)C3)cc1. The Morgan fingerprint density at radius 1 is 1.06 bits per heavy atom. The van der Waals surface area contributed by atoms with E-state index in [2.05, 4.69) is 19.9 Å². The van der Waals surface area contributed by atoms with Crippen LogP contribution in [0.4, 0.5) is 5.69 Å². The van der Waals surface area contributed by atoms with Gasteiger partial charge in [0.2, 0.25) is 5.91 Å². The number of nitriles is 1. The Hall–Kier alpha value is -3.39. The highest BCUT2D eigenvalue weighted by Gasteiger charge is 2.44. The molecule has 4 rings (SSSR count). The van der Waals surface area contributed by atoms with E-state index in [4.69, 9.17) is 10.00 Å². The maximum Gasteiger partial charge on any atom is 0.232 e. The molecule has 1 aliphatic heterocycles. The number of carbonyl (C=O) groups excluding carboxylic acids is 2. The van der Waals surface area contributed by atoms with E-state index in [0.29, 0.717) is 30.7 Å². The molecule has 1 heterocycles. The summed E-state index contributed by atoms with van der Waals surface area (Å²) in [6.45, 7) is 6.65. The van der Waals surface area contributed by atoms with Crippen LogP contribution in [0.15, 0.2) is 59.8 Å². The first-order valence-corrected chi connectivity index (χ1v) is 10.6. The summed E-state index contributed by atoms with van der Waals surface area (Å²) in [4.78, 5) is 28.4. The second-order valence-electron chi connectivity index (χ2n) is 8.95. The van der Waals surface area contributed by atoms with Crippen LogP contribution < -0.4 is 9.64 Å². The fraction of sp³-hybridized carbons (Fsp3) is 0.346. The number of hydrogen-bond donors (Lipinski definition) is 0. The van der Waals surface area contributed by atoms with Gasteiger partial charge in [-0.05, 0) is 60.7 Å². The van der Waals surface area contributed by atoms with Gasteiger partial charge in [0.15, 0.2) is 5.78 Å². The van der Waals surface area contributed by atoms with Crippen molar-refractivity contribution in [1.29, 1.82) is 5.26 Å². The van der Waals surface area contributed by atoms with Crippen LogP contribution in [0.1, 0.15) is 57.1 Å². The number of Topliss-reactive ketones (excluding diaryl/α,β-unsaturated/α-hetero) is 1. The molecule has 31 heavy (non-hydrogen) atoms. The summed E-state index contributed by atoms with van der Waals surface area (Å²) in [7, 11) is 0. The minimum Gasteiger partial charge on any atom is -0.494 e.